The van der Waals surface area contributed by atoms with Crippen LogP contribution >= 0.6 is 0 Å². The Morgan fingerprint density at radius 3 is 2.48 bits per heavy atom. The maximum absolute atomic E-state index is 13.9. The first-order valence-corrected chi connectivity index (χ1v) is 10.4. The van der Waals surface area contributed by atoms with Crippen molar-refractivity contribution in [1.82, 2.24) is 15.0 Å². The standard InChI is InChI=1S/C25H22F3N5/c1-3-30-22-11-10-19(15-20(22)25(26,27)28)33(23-9-5-4-7-17(23)2)24-31-14-12-21(32-24)18-8-6-13-29-16-18/h4-16,30H,3H2,1-2H3. The van der Waals surface area contributed by atoms with Crippen molar-refractivity contribution in [3.8, 4) is 11.3 Å². The van der Waals surface area contributed by atoms with E-state index in [1.165, 1.54) is 6.07 Å². The van der Waals surface area contributed by atoms with Crippen LogP contribution in [0.4, 0.5) is 36.2 Å². The summed E-state index contributed by atoms with van der Waals surface area (Å²) in [5.41, 5.74) is 2.55. The van der Waals surface area contributed by atoms with Crippen molar-refractivity contribution >= 4 is 23.0 Å². The van der Waals surface area contributed by atoms with Gasteiger partial charge in [0, 0.05) is 42.1 Å². The van der Waals surface area contributed by atoms with Gasteiger partial charge >= 0.3 is 6.18 Å². The van der Waals surface area contributed by atoms with Gasteiger partial charge in [-0.15, -0.1) is 0 Å². The number of hydrogen-bond acceptors (Lipinski definition) is 5. The number of aromatic nitrogens is 3. The topological polar surface area (TPSA) is 53.9 Å². The minimum Gasteiger partial charge on any atom is -0.385 e. The average molecular weight is 449 g/mol. The first-order chi connectivity index (χ1) is 15.9. The Morgan fingerprint density at radius 2 is 1.79 bits per heavy atom. The second-order valence-electron chi connectivity index (χ2n) is 7.36. The van der Waals surface area contributed by atoms with E-state index >= 15 is 0 Å². The van der Waals surface area contributed by atoms with Gasteiger partial charge in [0.25, 0.3) is 0 Å². The van der Waals surface area contributed by atoms with Crippen molar-refractivity contribution in [1.29, 1.82) is 0 Å². The molecule has 0 bridgehead atoms. The summed E-state index contributed by atoms with van der Waals surface area (Å²) in [6.07, 6.45) is 0.407. The van der Waals surface area contributed by atoms with E-state index in [2.05, 4.69) is 20.3 Å². The highest BCUT2D eigenvalue weighted by Gasteiger charge is 2.34. The summed E-state index contributed by atoms with van der Waals surface area (Å²) in [6.45, 7) is 4.02. The Labute approximate surface area is 190 Å². The summed E-state index contributed by atoms with van der Waals surface area (Å²) in [7, 11) is 0. The molecule has 4 rings (SSSR count). The van der Waals surface area contributed by atoms with Gasteiger partial charge in [-0.25, -0.2) is 9.97 Å². The van der Waals surface area contributed by atoms with Crippen LogP contribution < -0.4 is 10.2 Å². The van der Waals surface area contributed by atoms with E-state index in [0.717, 1.165) is 17.2 Å². The second-order valence-corrected chi connectivity index (χ2v) is 7.36. The van der Waals surface area contributed by atoms with E-state index in [4.69, 9.17) is 0 Å². The van der Waals surface area contributed by atoms with Gasteiger partial charge in [0.05, 0.1) is 16.9 Å². The zero-order valence-corrected chi connectivity index (χ0v) is 18.1. The maximum Gasteiger partial charge on any atom is 0.418 e. The molecular formula is C25H22F3N5. The van der Waals surface area contributed by atoms with Crippen LogP contribution in [0, 0.1) is 6.92 Å². The molecule has 0 amide bonds. The van der Waals surface area contributed by atoms with Crippen molar-refractivity contribution in [3.63, 3.8) is 0 Å². The van der Waals surface area contributed by atoms with Gasteiger partial charge in [0.15, 0.2) is 0 Å². The molecule has 0 spiro atoms. The molecule has 5 nitrogen and oxygen atoms in total. The predicted octanol–water partition coefficient (Wildman–Crippen LogP) is 6.77. The number of nitrogens with one attached hydrogen (secondary N) is 1. The molecular weight excluding hydrogens is 427 g/mol. The molecule has 8 heteroatoms. The van der Waals surface area contributed by atoms with Crippen molar-refractivity contribution in [2.24, 2.45) is 0 Å². The van der Waals surface area contributed by atoms with Crippen LogP contribution in [0.3, 0.4) is 0 Å². The fraction of sp³-hybridized carbons (Fsp3) is 0.160. The lowest BCUT2D eigenvalue weighted by atomic mass is 10.1. The van der Waals surface area contributed by atoms with E-state index in [0.29, 0.717) is 23.6 Å². The molecule has 0 aliphatic rings. The minimum absolute atomic E-state index is 0.0310. The summed E-state index contributed by atoms with van der Waals surface area (Å²) < 4.78 is 41.7. The van der Waals surface area contributed by atoms with E-state index in [1.54, 1.807) is 48.6 Å². The number of rotatable bonds is 6. The smallest absolute Gasteiger partial charge is 0.385 e. The summed E-state index contributed by atoms with van der Waals surface area (Å²) in [5.74, 6) is 0.259. The molecule has 0 atom stereocenters. The summed E-state index contributed by atoms with van der Waals surface area (Å²) in [6, 6.07) is 17.0. The van der Waals surface area contributed by atoms with Crippen LogP contribution in [0.5, 0.6) is 0 Å². The molecule has 0 saturated heterocycles. The van der Waals surface area contributed by atoms with Gasteiger partial charge in [-0.3, -0.25) is 9.88 Å². The molecule has 2 heterocycles. The van der Waals surface area contributed by atoms with Crippen LogP contribution in [0.15, 0.2) is 79.3 Å². The average Bonchev–Trinajstić information content (AvgIpc) is 2.82. The fourth-order valence-electron chi connectivity index (χ4n) is 3.56. The van der Waals surface area contributed by atoms with E-state index in [9.17, 15) is 13.2 Å². The number of halogens is 3. The van der Waals surface area contributed by atoms with Crippen molar-refractivity contribution < 1.29 is 13.2 Å². The largest absolute Gasteiger partial charge is 0.418 e. The maximum atomic E-state index is 13.9. The quantitative estimate of drug-likeness (QED) is 0.352. The Kier molecular flexibility index (Phi) is 6.26. The molecule has 0 saturated carbocycles. The molecule has 0 fully saturated rings. The van der Waals surface area contributed by atoms with Gasteiger partial charge in [-0.05, 0) is 61.9 Å². The lowest BCUT2D eigenvalue weighted by Gasteiger charge is -2.26. The van der Waals surface area contributed by atoms with Crippen LogP contribution in [0.25, 0.3) is 11.3 Å². The first kappa shape index (κ1) is 22.3. The Balaban J connectivity index is 1.91. The summed E-state index contributed by atoms with van der Waals surface area (Å²) in [4.78, 5) is 14.8. The number of alkyl halides is 3. The van der Waals surface area contributed by atoms with Gasteiger partial charge in [0.1, 0.15) is 0 Å². The lowest BCUT2D eigenvalue weighted by Crippen LogP contribution is -2.17. The van der Waals surface area contributed by atoms with Gasteiger partial charge in [-0.2, -0.15) is 13.2 Å². The molecule has 2 aromatic carbocycles. The van der Waals surface area contributed by atoms with Crippen molar-refractivity contribution in [2.75, 3.05) is 16.8 Å². The van der Waals surface area contributed by atoms with E-state index in [1.807, 2.05) is 37.3 Å². The lowest BCUT2D eigenvalue weighted by molar-refractivity contribution is -0.136. The molecule has 0 radical (unpaired) electrons. The van der Waals surface area contributed by atoms with Crippen molar-refractivity contribution in [3.05, 3.63) is 90.4 Å². The van der Waals surface area contributed by atoms with Crippen molar-refractivity contribution in [2.45, 2.75) is 20.0 Å². The number of aryl methyl sites for hydroxylation is 1. The van der Waals surface area contributed by atoms with Crippen LogP contribution in [-0.2, 0) is 6.18 Å². The predicted molar refractivity (Wildman–Crippen MR) is 124 cm³/mol. The summed E-state index contributed by atoms with van der Waals surface area (Å²) >= 11 is 0. The number of pyridine rings is 1. The molecule has 0 unspecified atom stereocenters. The SMILES string of the molecule is CCNc1ccc(N(c2nccc(-c3cccnc3)n2)c2ccccc2C)cc1C(F)(F)F. The number of benzene rings is 2. The van der Waals surface area contributed by atoms with Gasteiger partial charge in [0.2, 0.25) is 5.95 Å². The second kappa shape index (κ2) is 9.28. The minimum atomic E-state index is -4.52. The van der Waals surface area contributed by atoms with E-state index in [-0.39, 0.29) is 11.6 Å². The molecule has 0 aliphatic heterocycles. The van der Waals surface area contributed by atoms with Crippen LogP contribution in [0.1, 0.15) is 18.1 Å². The third kappa shape index (κ3) is 4.79. The highest BCUT2D eigenvalue weighted by atomic mass is 19.4. The van der Waals surface area contributed by atoms with Crippen LogP contribution in [-0.4, -0.2) is 21.5 Å². The monoisotopic (exact) mass is 449 g/mol. The highest BCUT2D eigenvalue weighted by molar-refractivity contribution is 5.77. The van der Waals surface area contributed by atoms with Crippen LogP contribution in [0.2, 0.25) is 0 Å². The zero-order chi connectivity index (χ0) is 23.4. The fourth-order valence-corrected chi connectivity index (χ4v) is 3.56. The van der Waals surface area contributed by atoms with Gasteiger partial charge in [-0.1, -0.05) is 18.2 Å². The highest BCUT2D eigenvalue weighted by Crippen LogP contribution is 2.41. The third-order valence-electron chi connectivity index (χ3n) is 5.09. The number of hydrogen-bond donors (Lipinski definition) is 1. The molecule has 168 valence electrons. The summed E-state index contributed by atoms with van der Waals surface area (Å²) in [5, 5.41) is 2.79. The number of anilines is 4. The molecule has 0 aliphatic carbocycles. The normalized spacial score (nSPS) is 11.3. The molecule has 33 heavy (non-hydrogen) atoms. The number of nitrogens with zero attached hydrogens (tertiary/aromatic N) is 4. The number of para-hydroxylation sites is 1. The Hall–Kier alpha value is -3.94. The first-order valence-electron chi connectivity index (χ1n) is 10.4. The molecule has 4 aromatic rings. The third-order valence-corrected chi connectivity index (χ3v) is 5.09. The Morgan fingerprint density at radius 1 is 0.970 bits per heavy atom. The molecule has 1 N–H and O–H groups in total. The van der Waals surface area contributed by atoms with E-state index < -0.39 is 11.7 Å². The molecule has 2 aromatic heterocycles. The zero-order valence-electron chi connectivity index (χ0n) is 18.1. The Bertz CT molecular complexity index is 1240. The van der Waals surface area contributed by atoms with Gasteiger partial charge < -0.3 is 5.32 Å².